The fourth-order valence-electron chi connectivity index (χ4n) is 2.17. The molecular weight excluding hydrogens is 214 g/mol. The van der Waals surface area contributed by atoms with Crippen LogP contribution in [0.4, 0.5) is 0 Å². The lowest BCUT2D eigenvalue weighted by atomic mass is 10.4. The Hall–Kier alpha value is -0.160. The van der Waals surface area contributed by atoms with Crippen molar-refractivity contribution < 1.29 is 4.74 Å². The molecule has 100 valence electrons. The highest BCUT2D eigenvalue weighted by atomic mass is 16.5. The van der Waals surface area contributed by atoms with Crippen molar-refractivity contribution in [2.24, 2.45) is 5.92 Å². The fourth-order valence-corrected chi connectivity index (χ4v) is 2.17. The predicted octanol–water partition coefficient (Wildman–Crippen LogP) is 0.298. The minimum Gasteiger partial charge on any atom is -0.380 e. The van der Waals surface area contributed by atoms with Crippen LogP contribution in [-0.2, 0) is 4.74 Å². The van der Waals surface area contributed by atoms with Crippen molar-refractivity contribution >= 4 is 0 Å². The first-order valence-electron chi connectivity index (χ1n) is 7.16. The van der Waals surface area contributed by atoms with E-state index in [1.54, 1.807) is 0 Å². The summed E-state index contributed by atoms with van der Waals surface area (Å²) in [7, 11) is 0. The molecule has 1 aliphatic carbocycles. The third-order valence-electron chi connectivity index (χ3n) is 3.51. The molecule has 0 atom stereocenters. The maximum Gasteiger partial charge on any atom is 0.0591 e. The lowest BCUT2D eigenvalue weighted by molar-refractivity contribution is 0.125. The van der Waals surface area contributed by atoms with Crippen LogP contribution in [0.5, 0.6) is 0 Å². The van der Waals surface area contributed by atoms with Gasteiger partial charge in [-0.3, -0.25) is 0 Å². The Kier molecular flexibility index (Phi) is 6.27. The average Bonchev–Trinajstić information content (AvgIpc) is 3.15. The van der Waals surface area contributed by atoms with Gasteiger partial charge < -0.3 is 20.3 Å². The summed E-state index contributed by atoms with van der Waals surface area (Å²) >= 11 is 0. The minimum atomic E-state index is 0.873. The van der Waals surface area contributed by atoms with Crippen molar-refractivity contribution in [1.29, 1.82) is 0 Å². The van der Waals surface area contributed by atoms with E-state index in [1.807, 2.05) is 0 Å². The summed E-state index contributed by atoms with van der Waals surface area (Å²) in [4.78, 5) is 2.54. The number of hydrogen-bond donors (Lipinski definition) is 2. The van der Waals surface area contributed by atoms with Gasteiger partial charge in [0.1, 0.15) is 0 Å². The number of nitrogens with zero attached hydrogens (tertiary/aromatic N) is 1. The van der Waals surface area contributed by atoms with Crippen molar-refractivity contribution in [2.75, 3.05) is 59.0 Å². The van der Waals surface area contributed by atoms with E-state index in [-0.39, 0.29) is 0 Å². The predicted molar refractivity (Wildman–Crippen MR) is 70.3 cm³/mol. The topological polar surface area (TPSA) is 36.5 Å². The molecule has 0 amide bonds. The van der Waals surface area contributed by atoms with E-state index in [2.05, 4.69) is 15.5 Å². The molecule has 4 heteroatoms. The number of rotatable bonds is 8. The molecule has 0 spiro atoms. The Morgan fingerprint density at radius 3 is 3.00 bits per heavy atom. The third-order valence-corrected chi connectivity index (χ3v) is 3.51. The normalized spacial score (nSPS) is 22.6. The van der Waals surface area contributed by atoms with Crippen LogP contribution in [0.3, 0.4) is 0 Å². The molecule has 1 heterocycles. The van der Waals surface area contributed by atoms with E-state index >= 15 is 0 Å². The van der Waals surface area contributed by atoms with Crippen molar-refractivity contribution in [2.45, 2.75) is 19.3 Å². The SMILES string of the molecule is C1CNCCN(CCNCCOCC2CC2)C1. The summed E-state index contributed by atoms with van der Waals surface area (Å²) < 4.78 is 5.58. The van der Waals surface area contributed by atoms with Crippen LogP contribution < -0.4 is 10.6 Å². The van der Waals surface area contributed by atoms with Crippen LogP contribution in [0.2, 0.25) is 0 Å². The van der Waals surface area contributed by atoms with E-state index in [0.29, 0.717) is 0 Å². The van der Waals surface area contributed by atoms with Crippen molar-refractivity contribution in [3.8, 4) is 0 Å². The second-order valence-electron chi connectivity index (χ2n) is 5.21. The zero-order valence-corrected chi connectivity index (χ0v) is 10.9. The van der Waals surface area contributed by atoms with Crippen molar-refractivity contribution in [1.82, 2.24) is 15.5 Å². The number of nitrogens with one attached hydrogen (secondary N) is 2. The third kappa shape index (κ3) is 6.36. The van der Waals surface area contributed by atoms with Gasteiger partial charge in [0, 0.05) is 39.3 Å². The van der Waals surface area contributed by atoms with Crippen LogP contribution in [0.15, 0.2) is 0 Å². The molecule has 0 unspecified atom stereocenters. The smallest absolute Gasteiger partial charge is 0.0591 e. The molecule has 0 aromatic heterocycles. The van der Waals surface area contributed by atoms with E-state index in [1.165, 1.54) is 45.4 Å². The molecule has 17 heavy (non-hydrogen) atoms. The molecular formula is C13H27N3O. The van der Waals surface area contributed by atoms with Gasteiger partial charge in [0.05, 0.1) is 6.61 Å². The summed E-state index contributed by atoms with van der Waals surface area (Å²) in [6.07, 6.45) is 4.05. The Labute approximate surface area is 105 Å². The van der Waals surface area contributed by atoms with Gasteiger partial charge >= 0.3 is 0 Å². The van der Waals surface area contributed by atoms with Gasteiger partial charge in [-0.05, 0) is 38.3 Å². The highest BCUT2D eigenvalue weighted by molar-refractivity contribution is 4.72. The lowest BCUT2D eigenvalue weighted by Gasteiger charge is -2.19. The molecule has 4 nitrogen and oxygen atoms in total. The van der Waals surface area contributed by atoms with Crippen molar-refractivity contribution in [3.05, 3.63) is 0 Å². The average molecular weight is 241 g/mol. The molecule has 0 aromatic rings. The molecule has 1 saturated heterocycles. The summed E-state index contributed by atoms with van der Waals surface area (Å²) in [5.74, 6) is 0.889. The number of ether oxygens (including phenoxy) is 1. The quantitative estimate of drug-likeness (QED) is 0.599. The van der Waals surface area contributed by atoms with Gasteiger partial charge in [0.25, 0.3) is 0 Å². The Bertz CT molecular complexity index is 189. The summed E-state index contributed by atoms with van der Waals surface area (Å²) in [6.45, 7) is 9.88. The molecule has 0 radical (unpaired) electrons. The van der Waals surface area contributed by atoms with Gasteiger partial charge in [0.15, 0.2) is 0 Å². The first-order valence-corrected chi connectivity index (χ1v) is 7.16. The minimum absolute atomic E-state index is 0.873. The van der Waals surface area contributed by atoms with E-state index in [4.69, 9.17) is 4.74 Å². The van der Waals surface area contributed by atoms with E-state index in [9.17, 15) is 0 Å². The van der Waals surface area contributed by atoms with Crippen LogP contribution in [0.1, 0.15) is 19.3 Å². The van der Waals surface area contributed by atoms with E-state index < -0.39 is 0 Å². The number of hydrogen-bond acceptors (Lipinski definition) is 4. The molecule has 2 rings (SSSR count). The van der Waals surface area contributed by atoms with E-state index in [0.717, 1.165) is 38.8 Å². The van der Waals surface area contributed by atoms with Gasteiger partial charge in [0.2, 0.25) is 0 Å². The van der Waals surface area contributed by atoms with Gasteiger partial charge in [-0.25, -0.2) is 0 Å². The monoisotopic (exact) mass is 241 g/mol. The zero-order chi connectivity index (χ0) is 11.8. The summed E-state index contributed by atoms with van der Waals surface area (Å²) in [5.41, 5.74) is 0. The molecule has 1 saturated carbocycles. The molecule has 2 fully saturated rings. The molecule has 0 bridgehead atoms. The molecule has 1 aliphatic heterocycles. The Morgan fingerprint density at radius 1 is 1.18 bits per heavy atom. The standard InChI is InChI=1S/C13H27N3O/c1-4-14-5-9-16(8-1)10-6-15-7-11-17-12-13-2-3-13/h13-15H,1-12H2. The first kappa shape index (κ1) is 13.3. The van der Waals surface area contributed by atoms with Gasteiger partial charge in [-0.15, -0.1) is 0 Å². The van der Waals surface area contributed by atoms with Crippen LogP contribution in [0, 0.1) is 5.92 Å². The maximum absolute atomic E-state index is 5.58. The highest BCUT2D eigenvalue weighted by Crippen LogP contribution is 2.28. The van der Waals surface area contributed by atoms with Crippen molar-refractivity contribution in [3.63, 3.8) is 0 Å². The van der Waals surface area contributed by atoms with Crippen LogP contribution >= 0.6 is 0 Å². The fraction of sp³-hybridized carbons (Fsp3) is 1.00. The highest BCUT2D eigenvalue weighted by Gasteiger charge is 2.20. The second kappa shape index (κ2) is 8.03. The van der Waals surface area contributed by atoms with Crippen LogP contribution in [0.25, 0.3) is 0 Å². The Balaban J connectivity index is 1.36. The summed E-state index contributed by atoms with van der Waals surface area (Å²) in [6, 6.07) is 0. The summed E-state index contributed by atoms with van der Waals surface area (Å²) in [5, 5.41) is 6.89. The second-order valence-corrected chi connectivity index (χ2v) is 5.21. The largest absolute Gasteiger partial charge is 0.380 e. The van der Waals surface area contributed by atoms with Gasteiger partial charge in [-0.2, -0.15) is 0 Å². The first-order chi connectivity index (χ1) is 8.45. The Morgan fingerprint density at radius 2 is 2.12 bits per heavy atom. The lowest BCUT2D eigenvalue weighted by Crippen LogP contribution is -2.35. The van der Waals surface area contributed by atoms with Crippen LogP contribution in [-0.4, -0.2) is 63.9 Å². The maximum atomic E-state index is 5.58. The molecule has 2 aliphatic rings. The molecule has 2 N–H and O–H groups in total. The van der Waals surface area contributed by atoms with Gasteiger partial charge in [-0.1, -0.05) is 0 Å². The zero-order valence-electron chi connectivity index (χ0n) is 10.9. The molecule has 0 aromatic carbocycles.